The summed E-state index contributed by atoms with van der Waals surface area (Å²) >= 11 is 0. The van der Waals surface area contributed by atoms with Gasteiger partial charge in [-0.2, -0.15) is 0 Å². The van der Waals surface area contributed by atoms with Crippen molar-refractivity contribution < 1.29 is 9.36 Å². The Balaban J connectivity index is 2.26. The number of anilines is 1. The van der Waals surface area contributed by atoms with E-state index >= 15 is 0 Å². The van der Waals surface area contributed by atoms with E-state index in [0.29, 0.717) is 23.8 Å². The summed E-state index contributed by atoms with van der Waals surface area (Å²) in [4.78, 5) is 12.7. The van der Waals surface area contributed by atoms with E-state index < -0.39 is 12.6 Å². The van der Waals surface area contributed by atoms with Crippen LogP contribution >= 0.6 is 7.29 Å². The van der Waals surface area contributed by atoms with Gasteiger partial charge < -0.3 is 5.32 Å². The zero-order chi connectivity index (χ0) is 16.5. The van der Waals surface area contributed by atoms with E-state index in [9.17, 15) is 9.36 Å². The molecule has 0 radical (unpaired) electrons. The second kappa shape index (κ2) is 5.86. The number of nitrogens with one attached hydrogen (secondary N) is 1. The van der Waals surface area contributed by atoms with Crippen molar-refractivity contribution in [3.05, 3.63) is 60.7 Å². The number of nitrogens with zero attached hydrogens (tertiary/aromatic N) is 1. The van der Waals surface area contributed by atoms with Crippen LogP contribution in [0.25, 0.3) is 0 Å². The highest BCUT2D eigenvalue weighted by Crippen LogP contribution is 2.65. The Labute approximate surface area is 136 Å². The lowest BCUT2D eigenvalue weighted by Gasteiger charge is -2.35. The first-order valence-electron chi connectivity index (χ1n) is 7.92. The number of carbonyl (C=O) groups excluding carboxylic acids is 1. The molecule has 0 unspecified atom stereocenters. The van der Waals surface area contributed by atoms with Crippen LogP contribution in [0.5, 0.6) is 0 Å². The van der Waals surface area contributed by atoms with Crippen LogP contribution in [0.2, 0.25) is 0 Å². The van der Waals surface area contributed by atoms with Crippen molar-refractivity contribution in [2.75, 3.05) is 4.67 Å². The molecule has 0 saturated carbocycles. The molecule has 23 heavy (non-hydrogen) atoms. The molecule has 0 aromatic heterocycles. The first kappa shape index (κ1) is 15.8. The van der Waals surface area contributed by atoms with Gasteiger partial charge in [-0.15, -0.1) is 0 Å². The number of rotatable bonds is 4. The number of benzene rings is 2. The Hall–Kier alpha value is -2.06. The number of carbonyl (C=O) groups is 1. The predicted octanol–water partition coefficient (Wildman–Crippen LogP) is 4.34. The van der Waals surface area contributed by atoms with Gasteiger partial charge in [0, 0.05) is 5.30 Å². The van der Waals surface area contributed by atoms with Gasteiger partial charge in [0.2, 0.25) is 7.29 Å². The van der Waals surface area contributed by atoms with Crippen molar-refractivity contribution in [2.24, 2.45) is 0 Å². The molecule has 0 bridgehead atoms. The Kier molecular flexibility index (Phi) is 4.03. The molecule has 1 heterocycles. The lowest BCUT2D eigenvalue weighted by atomic mass is 10.1. The largest absolute Gasteiger partial charge is 0.328 e. The number of para-hydroxylation sites is 1. The standard InChI is InChI=1S/C18H21N2O2P/c1-3-18(4-2)19-17(21)20(15-11-7-5-8-12-15)23(18,22)16-13-9-6-10-14-16/h5-14H,3-4H2,1-2H3,(H,19,21)/t23-/m1/s1. The molecule has 1 fully saturated rings. The maximum absolute atomic E-state index is 14.3. The average molecular weight is 328 g/mol. The van der Waals surface area contributed by atoms with Gasteiger partial charge in [0.15, 0.2) is 0 Å². The summed E-state index contributed by atoms with van der Waals surface area (Å²) < 4.78 is 15.8. The van der Waals surface area contributed by atoms with Crippen LogP contribution in [-0.4, -0.2) is 11.3 Å². The van der Waals surface area contributed by atoms with Gasteiger partial charge >= 0.3 is 6.03 Å². The van der Waals surface area contributed by atoms with Crippen LogP contribution in [0.3, 0.4) is 0 Å². The van der Waals surface area contributed by atoms with E-state index in [-0.39, 0.29) is 6.03 Å². The van der Waals surface area contributed by atoms with Crippen LogP contribution in [0.15, 0.2) is 60.7 Å². The third-order valence-corrected chi connectivity index (χ3v) is 8.55. The molecule has 120 valence electrons. The molecule has 2 amide bonds. The second-order valence-electron chi connectivity index (χ2n) is 5.73. The summed E-state index contributed by atoms with van der Waals surface area (Å²) in [7, 11) is -3.18. The number of amides is 2. The molecule has 0 aliphatic carbocycles. The van der Waals surface area contributed by atoms with Crippen molar-refractivity contribution in [2.45, 2.75) is 32.0 Å². The normalized spacial score (nSPS) is 22.9. The van der Waals surface area contributed by atoms with Crippen molar-refractivity contribution in [3.63, 3.8) is 0 Å². The van der Waals surface area contributed by atoms with Crippen LogP contribution in [0, 0.1) is 0 Å². The van der Waals surface area contributed by atoms with E-state index in [0.717, 1.165) is 0 Å². The van der Waals surface area contributed by atoms with E-state index in [2.05, 4.69) is 5.32 Å². The van der Waals surface area contributed by atoms with Gasteiger partial charge in [-0.25, -0.2) is 9.46 Å². The second-order valence-corrected chi connectivity index (χ2v) is 8.65. The average Bonchev–Trinajstić information content (AvgIpc) is 2.84. The number of urea groups is 1. The summed E-state index contributed by atoms with van der Waals surface area (Å²) in [6.07, 6.45) is 1.23. The molecule has 0 spiro atoms. The topological polar surface area (TPSA) is 49.4 Å². The first-order chi connectivity index (χ1) is 11.1. The fraction of sp³-hybridized carbons (Fsp3) is 0.278. The van der Waals surface area contributed by atoms with Crippen molar-refractivity contribution in [1.82, 2.24) is 5.32 Å². The van der Waals surface area contributed by atoms with E-state index in [4.69, 9.17) is 0 Å². The molecule has 5 heteroatoms. The molecule has 4 nitrogen and oxygen atoms in total. The highest BCUT2D eigenvalue weighted by molar-refractivity contribution is 7.76. The lowest BCUT2D eigenvalue weighted by molar-refractivity contribution is 0.246. The molecule has 2 aromatic carbocycles. The molecule has 3 rings (SSSR count). The van der Waals surface area contributed by atoms with Crippen LogP contribution in [0.4, 0.5) is 10.5 Å². The Morgan fingerprint density at radius 2 is 1.48 bits per heavy atom. The summed E-state index contributed by atoms with van der Waals surface area (Å²) in [5.74, 6) is 0. The maximum atomic E-state index is 14.3. The van der Waals surface area contributed by atoms with Crippen LogP contribution in [-0.2, 0) is 4.57 Å². The van der Waals surface area contributed by atoms with E-state index in [1.165, 1.54) is 4.67 Å². The van der Waals surface area contributed by atoms with Gasteiger partial charge in [0.25, 0.3) is 0 Å². The number of hydrogen-bond acceptors (Lipinski definition) is 2. The molecule has 1 atom stereocenters. The zero-order valence-electron chi connectivity index (χ0n) is 13.4. The Morgan fingerprint density at radius 1 is 0.957 bits per heavy atom. The Morgan fingerprint density at radius 3 is 2.00 bits per heavy atom. The quantitative estimate of drug-likeness (QED) is 0.849. The smallest absolute Gasteiger partial charge is 0.323 e. The minimum Gasteiger partial charge on any atom is -0.323 e. The summed E-state index contributed by atoms with van der Waals surface area (Å²) in [6, 6.07) is 18.3. The third-order valence-electron chi connectivity index (χ3n) is 4.67. The Bertz CT molecular complexity index is 742. The van der Waals surface area contributed by atoms with Gasteiger partial charge in [-0.3, -0.25) is 4.57 Å². The summed E-state index contributed by atoms with van der Waals surface area (Å²) in [5, 5.41) is 3.01. The van der Waals surface area contributed by atoms with Gasteiger partial charge in [-0.05, 0) is 37.1 Å². The summed E-state index contributed by atoms with van der Waals surface area (Å²) in [5.41, 5.74) is 0.668. The van der Waals surface area contributed by atoms with Gasteiger partial charge in [0.05, 0.1) is 5.69 Å². The molecular weight excluding hydrogens is 307 g/mol. The van der Waals surface area contributed by atoms with Gasteiger partial charge in [0.1, 0.15) is 5.28 Å². The van der Waals surface area contributed by atoms with Crippen molar-refractivity contribution >= 4 is 24.3 Å². The highest BCUT2D eigenvalue weighted by Gasteiger charge is 2.59. The maximum Gasteiger partial charge on any atom is 0.328 e. The predicted molar refractivity (Wildman–Crippen MR) is 94.4 cm³/mol. The van der Waals surface area contributed by atoms with Crippen molar-refractivity contribution in [1.29, 1.82) is 0 Å². The molecule has 1 saturated heterocycles. The van der Waals surface area contributed by atoms with Crippen LogP contribution in [0.1, 0.15) is 26.7 Å². The van der Waals surface area contributed by atoms with E-state index in [1.54, 1.807) is 0 Å². The van der Waals surface area contributed by atoms with Crippen molar-refractivity contribution in [3.8, 4) is 0 Å². The molecule has 2 aromatic rings. The molecule has 1 aliphatic rings. The minimum atomic E-state index is -3.18. The fourth-order valence-corrected chi connectivity index (χ4v) is 6.90. The lowest BCUT2D eigenvalue weighted by Crippen LogP contribution is -2.41. The molecule has 1 aliphatic heterocycles. The minimum absolute atomic E-state index is 0.285. The zero-order valence-corrected chi connectivity index (χ0v) is 14.3. The fourth-order valence-electron chi connectivity index (χ4n) is 3.34. The highest BCUT2D eigenvalue weighted by atomic mass is 31.2. The monoisotopic (exact) mass is 328 g/mol. The first-order valence-corrected chi connectivity index (χ1v) is 9.58. The van der Waals surface area contributed by atoms with Gasteiger partial charge in [-0.1, -0.05) is 50.2 Å². The number of hydrogen-bond donors (Lipinski definition) is 1. The molecule has 1 N–H and O–H groups in total. The SMILES string of the molecule is CCC1(CC)NC(=O)N(c2ccccc2)[P@@]1(=O)c1ccccc1. The summed E-state index contributed by atoms with van der Waals surface area (Å²) in [6.45, 7) is 3.96. The molecular formula is C18H21N2O2P. The van der Waals surface area contributed by atoms with E-state index in [1.807, 2.05) is 74.5 Å². The third kappa shape index (κ3) is 2.21. The van der Waals surface area contributed by atoms with Crippen LogP contribution < -0.4 is 15.3 Å².